The van der Waals surface area contributed by atoms with Gasteiger partial charge in [0.25, 0.3) is 5.56 Å². The summed E-state index contributed by atoms with van der Waals surface area (Å²) in [6, 6.07) is 8.47. The SMILES string of the molecule is COC(=O)c1c(O)c2ccc(Oc3ccc(Cl)c(F)c3)cc2n(C)c1=O. The molecule has 3 aromatic rings. The highest BCUT2D eigenvalue weighted by atomic mass is 35.5. The van der Waals surface area contributed by atoms with Crippen molar-refractivity contribution in [3.05, 3.63) is 63.2 Å². The van der Waals surface area contributed by atoms with Crippen molar-refractivity contribution < 1.29 is 23.8 Å². The summed E-state index contributed by atoms with van der Waals surface area (Å²) < 4.78 is 24.8. The number of pyridine rings is 1. The topological polar surface area (TPSA) is 77.8 Å². The minimum absolute atomic E-state index is 0.0291. The molecule has 0 saturated carbocycles. The van der Waals surface area contributed by atoms with E-state index in [2.05, 4.69) is 4.74 Å². The van der Waals surface area contributed by atoms with Crippen LogP contribution in [-0.4, -0.2) is 22.8 Å². The number of ether oxygens (including phenoxy) is 2. The van der Waals surface area contributed by atoms with E-state index in [1.165, 1.54) is 41.9 Å². The molecule has 0 radical (unpaired) electrons. The van der Waals surface area contributed by atoms with Crippen LogP contribution in [0.1, 0.15) is 10.4 Å². The third-order valence-corrected chi connectivity index (χ3v) is 4.16. The average Bonchev–Trinajstić information content (AvgIpc) is 2.62. The number of nitrogens with zero attached hydrogens (tertiary/aromatic N) is 1. The van der Waals surface area contributed by atoms with E-state index in [0.717, 1.165) is 13.2 Å². The van der Waals surface area contributed by atoms with Crippen molar-refractivity contribution in [3.63, 3.8) is 0 Å². The fourth-order valence-electron chi connectivity index (χ4n) is 2.53. The fraction of sp³-hybridized carbons (Fsp3) is 0.111. The Morgan fingerprint density at radius 3 is 2.50 bits per heavy atom. The highest BCUT2D eigenvalue weighted by Gasteiger charge is 2.22. The van der Waals surface area contributed by atoms with Gasteiger partial charge in [-0.3, -0.25) is 4.79 Å². The zero-order valence-corrected chi connectivity index (χ0v) is 14.5. The summed E-state index contributed by atoms with van der Waals surface area (Å²) in [5.74, 6) is -1.51. The van der Waals surface area contributed by atoms with Crippen LogP contribution in [0.2, 0.25) is 5.02 Å². The summed E-state index contributed by atoms with van der Waals surface area (Å²) in [5.41, 5.74) is -0.834. The molecule has 2 aromatic carbocycles. The van der Waals surface area contributed by atoms with Crippen molar-refractivity contribution in [2.45, 2.75) is 0 Å². The molecule has 6 nitrogen and oxygen atoms in total. The van der Waals surface area contributed by atoms with E-state index in [1.54, 1.807) is 0 Å². The van der Waals surface area contributed by atoms with Crippen LogP contribution in [-0.2, 0) is 11.8 Å². The Kier molecular flexibility index (Phi) is 4.56. The highest BCUT2D eigenvalue weighted by molar-refractivity contribution is 6.30. The Labute approximate surface area is 152 Å². The number of carbonyl (C=O) groups is 1. The van der Waals surface area contributed by atoms with E-state index in [-0.39, 0.29) is 16.2 Å². The Bertz CT molecular complexity index is 1090. The molecule has 1 aromatic heterocycles. The monoisotopic (exact) mass is 377 g/mol. The predicted octanol–water partition coefficient (Wildman–Crippen LogP) is 3.62. The van der Waals surface area contributed by atoms with Crippen LogP contribution in [0.5, 0.6) is 17.2 Å². The molecule has 0 amide bonds. The van der Waals surface area contributed by atoms with Crippen LogP contribution in [0, 0.1) is 5.82 Å². The largest absolute Gasteiger partial charge is 0.506 e. The summed E-state index contributed by atoms with van der Waals surface area (Å²) in [7, 11) is 2.57. The second kappa shape index (κ2) is 6.68. The van der Waals surface area contributed by atoms with Gasteiger partial charge in [0.1, 0.15) is 23.1 Å². The first-order valence-corrected chi connectivity index (χ1v) is 7.78. The zero-order valence-electron chi connectivity index (χ0n) is 13.7. The maximum Gasteiger partial charge on any atom is 0.347 e. The summed E-state index contributed by atoms with van der Waals surface area (Å²) in [4.78, 5) is 24.1. The van der Waals surface area contributed by atoms with Crippen LogP contribution < -0.4 is 10.3 Å². The minimum Gasteiger partial charge on any atom is -0.506 e. The molecule has 26 heavy (non-hydrogen) atoms. The van der Waals surface area contributed by atoms with E-state index in [1.807, 2.05) is 0 Å². The van der Waals surface area contributed by atoms with Gasteiger partial charge >= 0.3 is 5.97 Å². The first kappa shape index (κ1) is 17.8. The standard InChI is InChI=1S/C18H13ClFNO5/c1-21-14-8-10(26-9-4-6-12(19)13(20)7-9)3-5-11(14)16(22)15(17(21)23)18(24)25-2/h3-8,22H,1-2H3. The third-order valence-electron chi connectivity index (χ3n) is 3.86. The van der Waals surface area contributed by atoms with Crippen molar-refractivity contribution in [2.24, 2.45) is 7.05 Å². The number of aryl methyl sites for hydroxylation is 1. The maximum atomic E-state index is 13.5. The first-order chi connectivity index (χ1) is 12.3. The molecule has 0 spiro atoms. The molecule has 0 saturated heterocycles. The van der Waals surface area contributed by atoms with E-state index in [0.29, 0.717) is 11.3 Å². The van der Waals surface area contributed by atoms with Crippen LogP contribution >= 0.6 is 11.6 Å². The molecule has 1 heterocycles. The van der Waals surface area contributed by atoms with E-state index in [4.69, 9.17) is 16.3 Å². The molecule has 0 aliphatic rings. The molecule has 1 N–H and O–H groups in total. The number of carbonyl (C=O) groups excluding carboxylic acids is 1. The molecule has 0 bridgehead atoms. The van der Waals surface area contributed by atoms with Gasteiger partial charge in [-0.2, -0.15) is 0 Å². The van der Waals surface area contributed by atoms with Gasteiger partial charge in [-0.05, 0) is 24.3 Å². The molecule has 134 valence electrons. The van der Waals surface area contributed by atoms with Crippen LogP contribution in [0.25, 0.3) is 10.9 Å². The number of halogens is 2. The van der Waals surface area contributed by atoms with Crippen molar-refractivity contribution in [1.82, 2.24) is 4.57 Å². The lowest BCUT2D eigenvalue weighted by atomic mass is 10.1. The Morgan fingerprint density at radius 1 is 1.19 bits per heavy atom. The molecule has 0 unspecified atom stereocenters. The molecular weight excluding hydrogens is 365 g/mol. The maximum absolute atomic E-state index is 13.5. The Balaban J connectivity index is 2.12. The van der Waals surface area contributed by atoms with Gasteiger partial charge in [0.2, 0.25) is 0 Å². The number of hydrogen-bond donors (Lipinski definition) is 1. The minimum atomic E-state index is -0.929. The summed E-state index contributed by atoms with van der Waals surface area (Å²) in [6.07, 6.45) is 0. The van der Waals surface area contributed by atoms with Gasteiger partial charge in [-0.25, -0.2) is 9.18 Å². The predicted molar refractivity (Wildman–Crippen MR) is 93.7 cm³/mol. The van der Waals surface area contributed by atoms with Gasteiger partial charge in [0.15, 0.2) is 5.56 Å². The second-order valence-corrected chi connectivity index (χ2v) is 5.84. The van der Waals surface area contributed by atoms with Crippen molar-refractivity contribution in [3.8, 4) is 17.2 Å². The van der Waals surface area contributed by atoms with Crippen molar-refractivity contribution in [2.75, 3.05) is 7.11 Å². The number of aromatic nitrogens is 1. The zero-order chi connectivity index (χ0) is 19.0. The number of methoxy groups -OCH3 is 1. The Morgan fingerprint density at radius 2 is 1.85 bits per heavy atom. The molecule has 8 heteroatoms. The van der Waals surface area contributed by atoms with Crippen LogP contribution in [0.4, 0.5) is 4.39 Å². The lowest BCUT2D eigenvalue weighted by Gasteiger charge is -2.12. The molecule has 0 aliphatic heterocycles. The van der Waals surface area contributed by atoms with Crippen molar-refractivity contribution in [1.29, 1.82) is 0 Å². The quantitative estimate of drug-likeness (QED) is 0.705. The van der Waals surface area contributed by atoms with Gasteiger partial charge in [-0.1, -0.05) is 11.6 Å². The molecule has 0 fully saturated rings. The van der Waals surface area contributed by atoms with Crippen LogP contribution in [0.15, 0.2) is 41.2 Å². The number of benzene rings is 2. The molecule has 3 rings (SSSR count). The summed E-state index contributed by atoms with van der Waals surface area (Å²) in [5, 5.41) is 10.5. The van der Waals surface area contributed by atoms with Gasteiger partial charge in [0.05, 0.1) is 17.6 Å². The molecule has 0 atom stereocenters. The smallest absolute Gasteiger partial charge is 0.347 e. The van der Waals surface area contributed by atoms with Gasteiger partial charge in [0, 0.05) is 24.6 Å². The lowest BCUT2D eigenvalue weighted by molar-refractivity contribution is 0.0595. The van der Waals surface area contributed by atoms with E-state index < -0.39 is 28.7 Å². The first-order valence-electron chi connectivity index (χ1n) is 7.40. The van der Waals surface area contributed by atoms with E-state index in [9.17, 15) is 19.1 Å². The number of rotatable bonds is 3. The van der Waals surface area contributed by atoms with E-state index >= 15 is 0 Å². The normalized spacial score (nSPS) is 10.8. The lowest BCUT2D eigenvalue weighted by Crippen LogP contribution is -2.25. The highest BCUT2D eigenvalue weighted by Crippen LogP contribution is 2.32. The number of aromatic hydroxyl groups is 1. The Hall–Kier alpha value is -3.06. The van der Waals surface area contributed by atoms with Gasteiger partial charge < -0.3 is 19.1 Å². The number of fused-ring (bicyclic) bond motifs is 1. The average molecular weight is 378 g/mol. The third kappa shape index (κ3) is 2.97. The number of hydrogen-bond acceptors (Lipinski definition) is 5. The molecule has 0 aliphatic carbocycles. The second-order valence-electron chi connectivity index (χ2n) is 5.44. The summed E-state index contributed by atoms with van der Waals surface area (Å²) >= 11 is 5.64. The van der Waals surface area contributed by atoms with Gasteiger partial charge in [-0.15, -0.1) is 0 Å². The van der Waals surface area contributed by atoms with Crippen molar-refractivity contribution >= 4 is 28.5 Å². The fourth-order valence-corrected chi connectivity index (χ4v) is 2.65. The van der Waals surface area contributed by atoms with Crippen LogP contribution in [0.3, 0.4) is 0 Å². The number of esters is 1. The molecular formula is C18H13ClFNO5. The summed E-state index contributed by atoms with van der Waals surface area (Å²) in [6.45, 7) is 0.